The van der Waals surface area contributed by atoms with Crippen molar-refractivity contribution in [3.63, 3.8) is 0 Å². The van der Waals surface area contributed by atoms with Gasteiger partial charge in [0.2, 0.25) is 0 Å². The Morgan fingerprint density at radius 1 is 1.40 bits per heavy atom. The molecule has 2 nitrogen and oxygen atoms in total. The maximum atomic E-state index is 13.3. The van der Waals surface area contributed by atoms with Crippen molar-refractivity contribution >= 4 is 0 Å². The quantitative estimate of drug-likeness (QED) is 0.837. The first-order chi connectivity index (χ1) is 7.01. The Bertz CT molecular complexity index is 341. The summed E-state index contributed by atoms with van der Waals surface area (Å²) in [5.74, 6) is -3.96. The van der Waals surface area contributed by atoms with Crippen LogP contribution in [-0.2, 0) is 5.92 Å². The Labute approximate surface area is 86.1 Å². The standard InChI is InChI=1S/C10H12F3NO/c1-14-6-10(12,13)8-4-3-7(15-2)5-9(8)11/h3-5,14H,6H2,1-2H3. The van der Waals surface area contributed by atoms with Gasteiger partial charge in [0.1, 0.15) is 11.6 Å². The molecule has 0 saturated carbocycles. The first-order valence-electron chi connectivity index (χ1n) is 4.37. The minimum atomic E-state index is -3.22. The molecule has 0 atom stereocenters. The molecule has 0 aromatic heterocycles. The van der Waals surface area contributed by atoms with Crippen molar-refractivity contribution in [2.45, 2.75) is 5.92 Å². The number of halogens is 3. The zero-order chi connectivity index (χ0) is 11.5. The Balaban J connectivity index is 3.04. The summed E-state index contributed by atoms with van der Waals surface area (Å²) in [6.45, 7) is -0.601. The van der Waals surface area contributed by atoms with Gasteiger partial charge >= 0.3 is 0 Å². The van der Waals surface area contributed by atoms with Crippen LogP contribution in [0.4, 0.5) is 13.2 Å². The lowest BCUT2D eigenvalue weighted by Gasteiger charge is -2.17. The molecule has 0 aliphatic heterocycles. The van der Waals surface area contributed by atoms with Crippen LogP contribution in [0.25, 0.3) is 0 Å². The monoisotopic (exact) mass is 219 g/mol. The van der Waals surface area contributed by atoms with Crippen LogP contribution in [0.1, 0.15) is 5.56 Å². The summed E-state index contributed by atoms with van der Waals surface area (Å²) in [6.07, 6.45) is 0. The molecule has 1 N–H and O–H groups in total. The van der Waals surface area contributed by atoms with E-state index >= 15 is 0 Å². The van der Waals surface area contributed by atoms with E-state index in [0.717, 1.165) is 12.1 Å². The number of likely N-dealkylation sites (N-methyl/N-ethyl adjacent to an activating group) is 1. The fourth-order valence-corrected chi connectivity index (χ4v) is 1.24. The smallest absolute Gasteiger partial charge is 0.288 e. The van der Waals surface area contributed by atoms with E-state index in [9.17, 15) is 13.2 Å². The topological polar surface area (TPSA) is 21.3 Å². The van der Waals surface area contributed by atoms with E-state index in [1.54, 1.807) is 0 Å². The number of rotatable bonds is 4. The number of hydrogen-bond acceptors (Lipinski definition) is 2. The molecular formula is C10H12F3NO. The predicted octanol–water partition coefficient (Wildman–Crippen LogP) is 2.15. The largest absolute Gasteiger partial charge is 0.497 e. The first kappa shape index (κ1) is 11.8. The maximum absolute atomic E-state index is 13.3. The van der Waals surface area contributed by atoms with E-state index in [4.69, 9.17) is 4.74 Å². The third-order valence-corrected chi connectivity index (χ3v) is 1.97. The summed E-state index contributed by atoms with van der Waals surface area (Å²) in [6, 6.07) is 3.28. The molecule has 1 aromatic carbocycles. The van der Waals surface area contributed by atoms with Gasteiger partial charge in [0, 0.05) is 6.07 Å². The van der Waals surface area contributed by atoms with Crippen molar-refractivity contribution in [1.82, 2.24) is 5.32 Å². The summed E-state index contributed by atoms with van der Waals surface area (Å²) in [7, 11) is 2.73. The SMILES string of the molecule is CNCC(F)(F)c1ccc(OC)cc1F. The van der Waals surface area contributed by atoms with Crippen molar-refractivity contribution in [2.75, 3.05) is 20.7 Å². The summed E-state index contributed by atoms with van der Waals surface area (Å²) >= 11 is 0. The molecule has 0 unspecified atom stereocenters. The molecule has 0 bridgehead atoms. The molecule has 5 heteroatoms. The van der Waals surface area contributed by atoms with Gasteiger partial charge in [-0.05, 0) is 19.2 Å². The molecule has 0 radical (unpaired) electrons. The highest BCUT2D eigenvalue weighted by Gasteiger charge is 2.33. The summed E-state index contributed by atoms with van der Waals surface area (Å²) in [5, 5.41) is 2.31. The lowest BCUT2D eigenvalue weighted by Crippen LogP contribution is -2.29. The fourth-order valence-electron chi connectivity index (χ4n) is 1.24. The van der Waals surface area contributed by atoms with Gasteiger partial charge in [0.25, 0.3) is 5.92 Å². The van der Waals surface area contributed by atoms with Crippen molar-refractivity contribution in [3.8, 4) is 5.75 Å². The fraction of sp³-hybridized carbons (Fsp3) is 0.400. The molecule has 1 aromatic rings. The minimum absolute atomic E-state index is 0.219. The highest BCUT2D eigenvalue weighted by Crippen LogP contribution is 2.31. The van der Waals surface area contributed by atoms with Crippen LogP contribution in [0, 0.1) is 5.82 Å². The summed E-state index contributed by atoms with van der Waals surface area (Å²) < 4.78 is 44.6. The Morgan fingerprint density at radius 3 is 2.53 bits per heavy atom. The third kappa shape index (κ3) is 2.62. The third-order valence-electron chi connectivity index (χ3n) is 1.97. The van der Waals surface area contributed by atoms with Crippen LogP contribution in [0.2, 0.25) is 0 Å². The molecule has 1 rings (SSSR count). The summed E-state index contributed by atoms with van der Waals surface area (Å²) in [5.41, 5.74) is -0.627. The van der Waals surface area contributed by atoms with Gasteiger partial charge in [0.15, 0.2) is 0 Å². The first-order valence-corrected chi connectivity index (χ1v) is 4.37. The molecule has 0 aliphatic carbocycles. The highest BCUT2D eigenvalue weighted by atomic mass is 19.3. The lowest BCUT2D eigenvalue weighted by molar-refractivity contribution is -0.00475. The van der Waals surface area contributed by atoms with Crippen LogP contribution in [-0.4, -0.2) is 20.7 Å². The number of benzene rings is 1. The van der Waals surface area contributed by atoms with Crippen LogP contribution >= 0.6 is 0 Å². The number of hydrogen-bond donors (Lipinski definition) is 1. The van der Waals surface area contributed by atoms with E-state index in [-0.39, 0.29) is 5.75 Å². The molecule has 84 valence electrons. The van der Waals surface area contributed by atoms with Crippen LogP contribution in [0.15, 0.2) is 18.2 Å². The normalized spacial score (nSPS) is 11.5. The van der Waals surface area contributed by atoms with Gasteiger partial charge in [-0.15, -0.1) is 0 Å². The number of alkyl halides is 2. The van der Waals surface area contributed by atoms with Gasteiger partial charge in [-0.25, -0.2) is 4.39 Å². The average Bonchev–Trinajstić information content (AvgIpc) is 2.17. The molecule has 0 heterocycles. The molecule has 0 fully saturated rings. The Hall–Kier alpha value is -1.23. The van der Waals surface area contributed by atoms with Crippen molar-refractivity contribution in [1.29, 1.82) is 0 Å². The molecular weight excluding hydrogens is 207 g/mol. The number of nitrogens with one attached hydrogen (secondary N) is 1. The second-order valence-corrected chi connectivity index (χ2v) is 3.08. The molecule has 0 aliphatic rings. The van der Waals surface area contributed by atoms with E-state index in [1.165, 1.54) is 20.2 Å². The lowest BCUT2D eigenvalue weighted by atomic mass is 10.1. The van der Waals surface area contributed by atoms with Gasteiger partial charge in [0.05, 0.1) is 19.2 Å². The van der Waals surface area contributed by atoms with Crippen LogP contribution in [0.3, 0.4) is 0 Å². The molecule has 15 heavy (non-hydrogen) atoms. The zero-order valence-corrected chi connectivity index (χ0v) is 8.48. The average molecular weight is 219 g/mol. The van der Waals surface area contributed by atoms with E-state index in [0.29, 0.717) is 0 Å². The number of ether oxygens (including phenoxy) is 1. The van der Waals surface area contributed by atoms with Gasteiger partial charge < -0.3 is 10.1 Å². The van der Waals surface area contributed by atoms with Crippen molar-refractivity contribution < 1.29 is 17.9 Å². The summed E-state index contributed by atoms with van der Waals surface area (Å²) in [4.78, 5) is 0. The Kier molecular flexibility index (Phi) is 3.57. The van der Waals surface area contributed by atoms with Gasteiger partial charge in [-0.1, -0.05) is 0 Å². The maximum Gasteiger partial charge on any atom is 0.288 e. The van der Waals surface area contributed by atoms with Gasteiger partial charge in [-0.2, -0.15) is 8.78 Å². The minimum Gasteiger partial charge on any atom is -0.497 e. The molecule has 0 saturated heterocycles. The second-order valence-electron chi connectivity index (χ2n) is 3.08. The van der Waals surface area contributed by atoms with Crippen molar-refractivity contribution in [3.05, 3.63) is 29.6 Å². The predicted molar refractivity (Wildman–Crippen MR) is 50.8 cm³/mol. The van der Waals surface area contributed by atoms with E-state index in [1.807, 2.05) is 0 Å². The zero-order valence-electron chi connectivity index (χ0n) is 8.48. The van der Waals surface area contributed by atoms with E-state index in [2.05, 4.69) is 5.32 Å². The molecule has 0 amide bonds. The van der Waals surface area contributed by atoms with Gasteiger partial charge in [-0.3, -0.25) is 0 Å². The van der Waals surface area contributed by atoms with E-state index < -0.39 is 23.8 Å². The van der Waals surface area contributed by atoms with Crippen LogP contribution < -0.4 is 10.1 Å². The highest BCUT2D eigenvalue weighted by molar-refractivity contribution is 5.31. The van der Waals surface area contributed by atoms with Crippen LogP contribution in [0.5, 0.6) is 5.75 Å². The molecule has 0 spiro atoms. The van der Waals surface area contributed by atoms with Crippen molar-refractivity contribution in [2.24, 2.45) is 0 Å². The second kappa shape index (κ2) is 4.53. The number of methoxy groups -OCH3 is 1. The Morgan fingerprint density at radius 2 is 2.07 bits per heavy atom.